The van der Waals surface area contributed by atoms with E-state index in [0.717, 1.165) is 5.69 Å². The van der Waals surface area contributed by atoms with Gasteiger partial charge in [0.1, 0.15) is 0 Å². The van der Waals surface area contributed by atoms with Crippen LogP contribution < -0.4 is 5.32 Å². The van der Waals surface area contributed by atoms with Gasteiger partial charge in [0, 0.05) is 18.4 Å². The zero-order valence-electron chi connectivity index (χ0n) is 9.60. The second kappa shape index (κ2) is 6.56. The van der Waals surface area contributed by atoms with Crippen LogP contribution in [0.25, 0.3) is 0 Å². The van der Waals surface area contributed by atoms with E-state index < -0.39 is 0 Å². The van der Waals surface area contributed by atoms with Crippen LogP contribution in [0.3, 0.4) is 0 Å². The Labute approximate surface area is 95.9 Å². The maximum Gasteiger partial charge on any atom is 0.256 e. The molecule has 1 aromatic carbocycles. The molecule has 0 aliphatic heterocycles. The van der Waals surface area contributed by atoms with Gasteiger partial charge in [-0.1, -0.05) is 24.3 Å². The summed E-state index contributed by atoms with van der Waals surface area (Å²) in [6.45, 7) is 4.43. The Morgan fingerprint density at radius 3 is 2.62 bits per heavy atom. The molecule has 1 amide bonds. The summed E-state index contributed by atoms with van der Waals surface area (Å²) in [6, 6.07) is 9.37. The molecule has 0 bridgehead atoms. The van der Waals surface area contributed by atoms with E-state index >= 15 is 0 Å². The predicted octanol–water partition coefficient (Wildman–Crippen LogP) is 2.66. The maximum absolute atomic E-state index is 11.8. The third kappa shape index (κ3) is 3.69. The zero-order valence-corrected chi connectivity index (χ0v) is 9.60. The fraction of sp³-hybridized carbons (Fsp3) is 0.231. The van der Waals surface area contributed by atoms with Crippen LogP contribution in [0.4, 0.5) is 5.69 Å². The van der Waals surface area contributed by atoms with Crippen LogP contribution in [0.15, 0.2) is 47.0 Å². The molecule has 0 saturated heterocycles. The van der Waals surface area contributed by atoms with Crippen molar-refractivity contribution in [3.8, 4) is 0 Å². The molecule has 0 heterocycles. The molecule has 0 unspecified atom stereocenters. The lowest BCUT2D eigenvalue weighted by molar-refractivity contribution is -0.112. The average molecular weight is 216 g/mol. The lowest BCUT2D eigenvalue weighted by atomic mass is 10.2. The topological polar surface area (TPSA) is 41.5 Å². The van der Waals surface area contributed by atoms with Crippen molar-refractivity contribution in [1.29, 1.82) is 0 Å². The van der Waals surface area contributed by atoms with Crippen molar-refractivity contribution in [2.75, 3.05) is 11.9 Å². The average Bonchev–Trinajstić information content (AvgIpc) is 2.31. The van der Waals surface area contributed by atoms with E-state index in [1.54, 1.807) is 12.3 Å². The van der Waals surface area contributed by atoms with E-state index in [-0.39, 0.29) is 5.91 Å². The molecule has 3 nitrogen and oxygen atoms in total. The van der Waals surface area contributed by atoms with Crippen LogP contribution in [0.1, 0.15) is 13.8 Å². The van der Waals surface area contributed by atoms with Crippen LogP contribution in [-0.2, 0) is 4.79 Å². The minimum Gasteiger partial charge on any atom is -0.322 e. The highest BCUT2D eigenvalue weighted by Crippen LogP contribution is 2.06. The van der Waals surface area contributed by atoms with Crippen LogP contribution >= 0.6 is 0 Å². The molecule has 0 aliphatic rings. The summed E-state index contributed by atoms with van der Waals surface area (Å²) in [5.41, 5.74) is 1.36. The summed E-state index contributed by atoms with van der Waals surface area (Å²) in [7, 11) is 0. The quantitative estimate of drug-likeness (QED) is 0.610. The van der Waals surface area contributed by atoms with Crippen molar-refractivity contribution in [3.63, 3.8) is 0 Å². The Morgan fingerprint density at radius 2 is 2.06 bits per heavy atom. The summed E-state index contributed by atoms with van der Waals surface area (Å²) < 4.78 is 0. The summed E-state index contributed by atoms with van der Waals surface area (Å²) in [5.74, 6) is -0.133. The molecule has 0 fully saturated rings. The number of carbonyl (C=O) groups excluding carboxylic acids is 1. The van der Waals surface area contributed by atoms with Gasteiger partial charge in [-0.05, 0) is 26.0 Å². The highest BCUT2D eigenvalue weighted by atomic mass is 16.1. The second-order valence-corrected chi connectivity index (χ2v) is 3.19. The molecule has 0 saturated carbocycles. The minimum absolute atomic E-state index is 0.133. The van der Waals surface area contributed by atoms with Gasteiger partial charge < -0.3 is 5.32 Å². The molecule has 0 aromatic heterocycles. The van der Waals surface area contributed by atoms with Gasteiger partial charge in [-0.25, -0.2) is 0 Å². The molecule has 1 rings (SSSR count). The van der Waals surface area contributed by atoms with Gasteiger partial charge in [0.05, 0.1) is 5.57 Å². The Bertz CT molecular complexity index is 394. The number of nitrogens with zero attached hydrogens (tertiary/aromatic N) is 1. The standard InChI is InChI=1S/C13H16N2O/c1-3-11(10-14-4-2)13(16)15-12-8-6-5-7-9-12/h3,5-10H,4H2,1-2H3,(H,15,16)/b11-3+,14-10?. The fourth-order valence-electron chi connectivity index (χ4n) is 1.18. The third-order valence-corrected chi connectivity index (χ3v) is 2.02. The first-order valence-electron chi connectivity index (χ1n) is 5.30. The summed E-state index contributed by atoms with van der Waals surface area (Å²) in [5, 5.41) is 2.80. The first-order chi connectivity index (χ1) is 7.77. The molecule has 1 aromatic rings. The van der Waals surface area contributed by atoms with E-state index in [1.807, 2.05) is 44.2 Å². The Balaban J connectivity index is 2.68. The largest absolute Gasteiger partial charge is 0.322 e. The number of nitrogens with one attached hydrogen (secondary N) is 1. The van der Waals surface area contributed by atoms with Gasteiger partial charge in [0.2, 0.25) is 0 Å². The van der Waals surface area contributed by atoms with Crippen LogP contribution in [0, 0.1) is 0 Å². The van der Waals surface area contributed by atoms with Crippen LogP contribution in [0.5, 0.6) is 0 Å². The number of amides is 1. The highest BCUT2D eigenvalue weighted by molar-refractivity contribution is 6.17. The molecule has 0 radical (unpaired) electrons. The van der Waals surface area contributed by atoms with Crippen molar-refractivity contribution >= 4 is 17.8 Å². The number of hydrogen-bond acceptors (Lipinski definition) is 2. The van der Waals surface area contributed by atoms with E-state index in [2.05, 4.69) is 10.3 Å². The van der Waals surface area contributed by atoms with Crippen molar-refractivity contribution in [2.45, 2.75) is 13.8 Å². The summed E-state index contributed by atoms with van der Waals surface area (Å²) >= 11 is 0. The Hall–Kier alpha value is -1.90. The third-order valence-electron chi connectivity index (χ3n) is 2.02. The monoisotopic (exact) mass is 216 g/mol. The zero-order chi connectivity index (χ0) is 11.8. The molecule has 84 valence electrons. The fourth-order valence-corrected chi connectivity index (χ4v) is 1.18. The summed E-state index contributed by atoms with van der Waals surface area (Å²) in [6.07, 6.45) is 3.34. The number of aliphatic imine (C=N–C) groups is 1. The SMILES string of the molecule is C/C=C(\C=NCC)C(=O)Nc1ccccc1. The molecular formula is C13H16N2O. The lowest BCUT2D eigenvalue weighted by Crippen LogP contribution is -2.15. The summed E-state index contributed by atoms with van der Waals surface area (Å²) in [4.78, 5) is 15.8. The van der Waals surface area contributed by atoms with Gasteiger partial charge >= 0.3 is 0 Å². The molecule has 1 N–H and O–H groups in total. The molecule has 16 heavy (non-hydrogen) atoms. The van der Waals surface area contributed by atoms with E-state index in [9.17, 15) is 4.79 Å². The van der Waals surface area contributed by atoms with Gasteiger partial charge in [-0.15, -0.1) is 0 Å². The number of carbonyl (C=O) groups is 1. The molecule has 3 heteroatoms. The lowest BCUT2D eigenvalue weighted by Gasteiger charge is -2.04. The number of allylic oxidation sites excluding steroid dienone is 1. The van der Waals surface area contributed by atoms with Crippen molar-refractivity contribution in [1.82, 2.24) is 0 Å². The van der Waals surface area contributed by atoms with Gasteiger partial charge in [-0.3, -0.25) is 9.79 Å². The van der Waals surface area contributed by atoms with E-state index in [1.165, 1.54) is 0 Å². The Kier molecular flexibility index (Phi) is 4.99. The second-order valence-electron chi connectivity index (χ2n) is 3.19. The number of hydrogen-bond donors (Lipinski definition) is 1. The van der Waals surface area contributed by atoms with Gasteiger partial charge in [0.15, 0.2) is 0 Å². The molecule has 0 spiro atoms. The van der Waals surface area contributed by atoms with Crippen LogP contribution in [0.2, 0.25) is 0 Å². The number of benzene rings is 1. The van der Waals surface area contributed by atoms with Gasteiger partial charge in [-0.2, -0.15) is 0 Å². The van der Waals surface area contributed by atoms with E-state index in [4.69, 9.17) is 0 Å². The number of para-hydroxylation sites is 1. The smallest absolute Gasteiger partial charge is 0.256 e. The molecule has 0 atom stereocenters. The Morgan fingerprint density at radius 1 is 1.38 bits per heavy atom. The minimum atomic E-state index is -0.133. The normalized spacial score (nSPS) is 11.8. The first-order valence-corrected chi connectivity index (χ1v) is 5.30. The molecule has 0 aliphatic carbocycles. The van der Waals surface area contributed by atoms with Crippen molar-refractivity contribution in [3.05, 3.63) is 42.0 Å². The number of rotatable bonds is 4. The van der Waals surface area contributed by atoms with Crippen molar-refractivity contribution in [2.24, 2.45) is 4.99 Å². The number of anilines is 1. The molecular weight excluding hydrogens is 200 g/mol. The highest BCUT2D eigenvalue weighted by Gasteiger charge is 2.05. The van der Waals surface area contributed by atoms with Crippen molar-refractivity contribution < 1.29 is 4.79 Å². The predicted molar refractivity (Wildman–Crippen MR) is 67.9 cm³/mol. The first kappa shape index (κ1) is 12.2. The van der Waals surface area contributed by atoms with E-state index in [0.29, 0.717) is 12.1 Å². The maximum atomic E-state index is 11.8. The van der Waals surface area contributed by atoms with Crippen LogP contribution in [-0.4, -0.2) is 18.7 Å². The van der Waals surface area contributed by atoms with Gasteiger partial charge in [0.25, 0.3) is 5.91 Å².